The van der Waals surface area contributed by atoms with E-state index in [1.54, 1.807) is 18.3 Å². The van der Waals surface area contributed by atoms with Gasteiger partial charge in [0.25, 0.3) is 0 Å². The quantitative estimate of drug-likeness (QED) is 0.829. The van der Waals surface area contributed by atoms with Gasteiger partial charge in [0, 0.05) is 12.2 Å². The molecule has 5 nitrogen and oxygen atoms in total. The minimum Gasteiger partial charge on any atom is -0.461 e. The highest BCUT2D eigenvalue weighted by Gasteiger charge is 2.12. The molecule has 0 aliphatic carbocycles. The second-order valence-electron chi connectivity index (χ2n) is 4.91. The van der Waals surface area contributed by atoms with E-state index in [9.17, 15) is 4.79 Å². The molecule has 0 amide bonds. The number of esters is 1. The Morgan fingerprint density at radius 3 is 2.82 bits per heavy atom. The Bertz CT molecular complexity index is 665. The zero-order chi connectivity index (χ0) is 15.8. The fourth-order valence-corrected chi connectivity index (χ4v) is 1.94. The van der Waals surface area contributed by atoms with Gasteiger partial charge >= 0.3 is 5.97 Å². The maximum absolute atomic E-state index is 11.8. The topological polar surface area (TPSA) is 75.0 Å². The van der Waals surface area contributed by atoms with E-state index in [0.29, 0.717) is 11.4 Å². The number of rotatable bonds is 6. The normalized spacial score (nSPS) is 11.3. The maximum Gasteiger partial charge on any atom is 0.308 e. The number of ether oxygens (including phenoxy) is 1. The zero-order valence-corrected chi connectivity index (χ0v) is 12.3. The monoisotopic (exact) mass is 295 g/mol. The van der Waals surface area contributed by atoms with Gasteiger partial charge in [-0.3, -0.25) is 4.79 Å². The summed E-state index contributed by atoms with van der Waals surface area (Å²) >= 11 is 0. The summed E-state index contributed by atoms with van der Waals surface area (Å²) in [4.78, 5) is 15.9. The van der Waals surface area contributed by atoms with E-state index in [1.165, 1.54) is 0 Å². The Kier molecular flexibility index (Phi) is 5.50. The van der Waals surface area contributed by atoms with Crippen LogP contribution in [0.4, 0.5) is 5.82 Å². The van der Waals surface area contributed by atoms with Crippen LogP contribution < -0.4 is 5.32 Å². The molecule has 1 atom stereocenters. The molecule has 0 radical (unpaired) electrons. The van der Waals surface area contributed by atoms with Crippen LogP contribution in [0.1, 0.15) is 24.5 Å². The molecular weight excluding hydrogens is 278 g/mol. The fourth-order valence-electron chi connectivity index (χ4n) is 1.94. The van der Waals surface area contributed by atoms with Gasteiger partial charge in [0.1, 0.15) is 18.5 Å². The van der Waals surface area contributed by atoms with Crippen molar-refractivity contribution in [1.29, 1.82) is 5.26 Å². The Labute approximate surface area is 129 Å². The average molecular weight is 295 g/mol. The van der Waals surface area contributed by atoms with Gasteiger partial charge < -0.3 is 10.1 Å². The third-order valence-electron chi connectivity index (χ3n) is 3.03. The number of nitriles is 1. The van der Waals surface area contributed by atoms with Crippen molar-refractivity contribution in [2.24, 2.45) is 0 Å². The summed E-state index contributed by atoms with van der Waals surface area (Å²) in [7, 11) is 0. The minimum atomic E-state index is -0.293. The Balaban J connectivity index is 1.83. The molecule has 0 spiro atoms. The molecule has 1 N–H and O–H groups in total. The van der Waals surface area contributed by atoms with E-state index in [0.717, 1.165) is 5.56 Å². The first-order valence-electron chi connectivity index (χ1n) is 7.00. The average Bonchev–Trinajstić information content (AvgIpc) is 2.54. The van der Waals surface area contributed by atoms with Crippen LogP contribution in [0.2, 0.25) is 0 Å². The van der Waals surface area contributed by atoms with Crippen molar-refractivity contribution < 1.29 is 9.53 Å². The lowest BCUT2D eigenvalue weighted by molar-refractivity contribution is -0.145. The number of pyridine rings is 1. The number of anilines is 1. The van der Waals surface area contributed by atoms with E-state index in [4.69, 9.17) is 10.00 Å². The first-order chi connectivity index (χ1) is 10.7. The molecule has 1 unspecified atom stereocenters. The lowest BCUT2D eigenvalue weighted by atomic mass is 10.2. The van der Waals surface area contributed by atoms with Crippen LogP contribution in [0.5, 0.6) is 0 Å². The van der Waals surface area contributed by atoms with Crippen LogP contribution >= 0.6 is 0 Å². The molecule has 1 aromatic heterocycles. The molecular formula is C17H17N3O2. The van der Waals surface area contributed by atoms with Crippen molar-refractivity contribution in [1.82, 2.24) is 4.98 Å². The second kappa shape index (κ2) is 7.79. The number of carbonyl (C=O) groups excluding carboxylic acids is 1. The van der Waals surface area contributed by atoms with Crippen molar-refractivity contribution >= 4 is 11.8 Å². The smallest absolute Gasteiger partial charge is 0.308 e. The highest BCUT2D eigenvalue weighted by molar-refractivity contribution is 5.70. The summed E-state index contributed by atoms with van der Waals surface area (Å²) in [6.07, 6.45) is 1.80. The standard InChI is InChI=1S/C17H17N3O2/c1-13(20-17-15(11-18)8-5-9-19-17)10-16(21)22-12-14-6-3-2-4-7-14/h2-9,13H,10,12H2,1H3,(H,19,20). The van der Waals surface area contributed by atoms with E-state index in [1.807, 2.05) is 37.3 Å². The molecule has 0 fully saturated rings. The third-order valence-corrected chi connectivity index (χ3v) is 3.03. The van der Waals surface area contributed by atoms with Gasteiger partial charge in [-0.1, -0.05) is 30.3 Å². The van der Waals surface area contributed by atoms with Crippen LogP contribution in [0.3, 0.4) is 0 Å². The van der Waals surface area contributed by atoms with Gasteiger partial charge in [-0.2, -0.15) is 5.26 Å². The van der Waals surface area contributed by atoms with Gasteiger partial charge in [-0.15, -0.1) is 0 Å². The molecule has 2 aromatic rings. The van der Waals surface area contributed by atoms with Crippen LogP contribution in [0.15, 0.2) is 48.7 Å². The number of hydrogen-bond acceptors (Lipinski definition) is 5. The van der Waals surface area contributed by atoms with Crippen molar-refractivity contribution in [3.05, 3.63) is 59.8 Å². The highest BCUT2D eigenvalue weighted by Crippen LogP contribution is 2.12. The van der Waals surface area contributed by atoms with Gasteiger partial charge in [0.05, 0.1) is 12.0 Å². The van der Waals surface area contributed by atoms with E-state index in [2.05, 4.69) is 16.4 Å². The number of hydrogen-bond donors (Lipinski definition) is 1. The fraction of sp³-hybridized carbons (Fsp3) is 0.235. The van der Waals surface area contributed by atoms with Crippen molar-refractivity contribution in [3.8, 4) is 6.07 Å². The van der Waals surface area contributed by atoms with Gasteiger partial charge in [-0.05, 0) is 24.6 Å². The first-order valence-corrected chi connectivity index (χ1v) is 7.00. The number of aromatic nitrogens is 1. The van der Waals surface area contributed by atoms with Crippen LogP contribution in [-0.2, 0) is 16.1 Å². The van der Waals surface area contributed by atoms with Crippen LogP contribution in [-0.4, -0.2) is 17.0 Å². The predicted molar refractivity (Wildman–Crippen MR) is 82.9 cm³/mol. The summed E-state index contributed by atoms with van der Waals surface area (Å²) in [6, 6.07) is 14.8. The molecule has 0 saturated carbocycles. The number of nitrogens with zero attached hydrogens (tertiary/aromatic N) is 2. The van der Waals surface area contributed by atoms with E-state index >= 15 is 0 Å². The van der Waals surface area contributed by atoms with E-state index in [-0.39, 0.29) is 25.0 Å². The molecule has 0 bridgehead atoms. The highest BCUT2D eigenvalue weighted by atomic mass is 16.5. The molecule has 0 aliphatic rings. The molecule has 22 heavy (non-hydrogen) atoms. The molecule has 0 saturated heterocycles. The Hall–Kier alpha value is -2.87. The van der Waals surface area contributed by atoms with Crippen molar-refractivity contribution in [2.45, 2.75) is 26.0 Å². The van der Waals surface area contributed by atoms with Gasteiger partial charge in [-0.25, -0.2) is 4.98 Å². The summed E-state index contributed by atoms with van der Waals surface area (Å²) in [6.45, 7) is 2.11. The number of nitrogens with one attached hydrogen (secondary N) is 1. The van der Waals surface area contributed by atoms with Gasteiger partial charge in [0.2, 0.25) is 0 Å². The number of carbonyl (C=O) groups is 1. The van der Waals surface area contributed by atoms with Crippen molar-refractivity contribution in [2.75, 3.05) is 5.32 Å². The summed E-state index contributed by atoms with van der Waals surface area (Å²) in [5.41, 5.74) is 1.40. The van der Waals surface area contributed by atoms with Crippen LogP contribution in [0, 0.1) is 11.3 Å². The molecule has 2 rings (SSSR count). The van der Waals surface area contributed by atoms with Crippen molar-refractivity contribution in [3.63, 3.8) is 0 Å². The first kappa shape index (κ1) is 15.5. The lowest BCUT2D eigenvalue weighted by Gasteiger charge is -2.14. The number of benzene rings is 1. The predicted octanol–water partition coefficient (Wildman–Crippen LogP) is 2.89. The van der Waals surface area contributed by atoms with Crippen LogP contribution in [0.25, 0.3) is 0 Å². The minimum absolute atomic E-state index is 0.176. The largest absolute Gasteiger partial charge is 0.461 e. The lowest BCUT2D eigenvalue weighted by Crippen LogP contribution is -2.22. The van der Waals surface area contributed by atoms with E-state index < -0.39 is 0 Å². The Morgan fingerprint density at radius 2 is 2.09 bits per heavy atom. The SMILES string of the molecule is CC(CC(=O)OCc1ccccc1)Nc1ncccc1C#N. The zero-order valence-electron chi connectivity index (χ0n) is 12.3. The summed E-state index contributed by atoms with van der Waals surface area (Å²) < 4.78 is 5.23. The van der Waals surface area contributed by atoms with Gasteiger partial charge in [0.15, 0.2) is 0 Å². The molecule has 1 heterocycles. The maximum atomic E-state index is 11.8. The Morgan fingerprint density at radius 1 is 1.32 bits per heavy atom. The summed E-state index contributed by atoms with van der Waals surface area (Å²) in [5.74, 6) is 0.187. The third kappa shape index (κ3) is 4.60. The molecule has 0 aliphatic heterocycles. The molecule has 112 valence electrons. The molecule has 1 aromatic carbocycles. The molecule has 5 heteroatoms. The second-order valence-corrected chi connectivity index (χ2v) is 4.91. The summed E-state index contributed by atoms with van der Waals surface area (Å²) in [5, 5.41) is 12.1.